The van der Waals surface area contributed by atoms with Crippen molar-refractivity contribution in [3.8, 4) is 5.75 Å². The average molecular weight is 469 g/mol. The van der Waals surface area contributed by atoms with Crippen LogP contribution < -0.4 is 15.4 Å². The summed E-state index contributed by atoms with van der Waals surface area (Å²) in [6, 6.07) is 12.6. The number of benzene rings is 2. The first-order valence-corrected chi connectivity index (χ1v) is 11.8. The Labute approximate surface area is 202 Å². The van der Waals surface area contributed by atoms with E-state index in [-0.39, 0.29) is 18.4 Å². The molecule has 2 aromatic rings. The first kappa shape index (κ1) is 26.9. The van der Waals surface area contributed by atoms with E-state index in [0.717, 1.165) is 29.7 Å². The molecule has 34 heavy (non-hydrogen) atoms. The molecule has 0 saturated carbocycles. The highest BCUT2D eigenvalue weighted by atomic mass is 16.5. The summed E-state index contributed by atoms with van der Waals surface area (Å²) in [6.07, 6.45) is 2.01. The van der Waals surface area contributed by atoms with Gasteiger partial charge < -0.3 is 20.1 Å². The van der Waals surface area contributed by atoms with Crippen molar-refractivity contribution in [1.29, 1.82) is 0 Å². The highest BCUT2D eigenvalue weighted by Gasteiger charge is 2.17. The maximum absolute atomic E-state index is 12.5. The van der Waals surface area contributed by atoms with Crippen LogP contribution >= 0.6 is 0 Å². The van der Waals surface area contributed by atoms with Crippen LogP contribution in [0.5, 0.6) is 5.75 Å². The van der Waals surface area contributed by atoms with Crippen molar-refractivity contribution in [1.82, 2.24) is 5.32 Å². The molecule has 0 unspecified atom stereocenters. The smallest absolute Gasteiger partial charge is 0.325 e. The first-order valence-electron chi connectivity index (χ1n) is 11.8. The summed E-state index contributed by atoms with van der Waals surface area (Å²) < 4.78 is 10.6. The Balaban J connectivity index is 1.83. The largest absolute Gasteiger partial charge is 0.494 e. The van der Waals surface area contributed by atoms with Gasteiger partial charge in [-0.3, -0.25) is 14.4 Å². The van der Waals surface area contributed by atoms with Crippen LogP contribution in [0.1, 0.15) is 80.8 Å². The van der Waals surface area contributed by atoms with Crippen molar-refractivity contribution in [2.75, 3.05) is 25.1 Å². The van der Waals surface area contributed by atoms with Gasteiger partial charge in [0.15, 0.2) is 6.61 Å². The number of carbonyl (C=O) groups is 3. The molecule has 2 rings (SSSR count). The van der Waals surface area contributed by atoms with Crippen molar-refractivity contribution in [2.24, 2.45) is 0 Å². The van der Waals surface area contributed by atoms with Crippen LogP contribution in [0.25, 0.3) is 0 Å². The number of anilines is 1. The van der Waals surface area contributed by atoms with Crippen LogP contribution in [0.2, 0.25) is 0 Å². The number of unbranched alkanes of at least 4 members (excludes halogenated alkanes) is 1. The Morgan fingerprint density at radius 3 is 2.09 bits per heavy atom. The Morgan fingerprint density at radius 2 is 1.53 bits per heavy atom. The molecule has 0 fully saturated rings. The van der Waals surface area contributed by atoms with Gasteiger partial charge in [-0.15, -0.1) is 0 Å². The first-order chi connectivity index (χ1) is 16.2. The SMILES string of the molecule is CCCCOc1ccc(C(=O)NCC(=O)OCC(=O)Nc2c(C(C)C)cccc2C(C)C)cc1. The van der Waals surface area contributed by atoms with E-state index in [2.05, 4.69) is 45.3 Å². The minimum atomic E-state index is -0.691. The highest BCUT2D eigenvalue weighted by Crippen LogP contribution is 2.32. The van der Waals surface area contributed by atoms with Crippen molar-refractivity contribution < 1.29 is 23.9 Å². The summed E-state index contributed by atoms with van der Waals surface area (Å²) in [5.41, 5.74) is 3.23. The summed E-state index contributed by atoms with van der Waals surface area (Å²) in [5.74, 6) is -0.380. The third-order valence-electron chi connectivity index (χ3n) is 5.28. The molecule has 0 aromatic heterocycles. The lowest BCUT2D eigenvalue weighted by atomic mass is 9.92. The van der Waals surface area contributed by atoms with Crippen molar-refractivity contribution in [3.63, 3.8) is 0 Å². The third-order valence-corrected chi connectivity index (χ3v) is 5.28. The summed E-state index contributed by atoms with van der Waals surface area (Å²) in [4.78, 5) is 36.8. The molecule has 0 atom stereocenters. The Morgan fingerprint density at radius 1 is 0.912 bits per heavy atom. The second kappa shape index (κ2) is 13.4. The Kier molecular flexibility index (Phi) is 10.6. The van der Waals surface area contributed by atoms with Gasteiger partial charge in [0, 0.05) is 11.3 Å². The lowest BCUT2D eigenvalue weighted by Gasteiger charge is -2.20. The van der Waals surface area contributed by atoms with Gasteiger partial charge in [0.1, 0.15) is 12.3 Å². The van der Waals surface area contributed by atoms with E-state index in [0.29, 0.717) is 17.9 Å². The predicted octanol–water partition coefficient (Wildman–Crippen LogP) is 5.02. The molecule has 0 spiro atoms. The van der Waals surface area contributed by atoms with Gasteiger partial charge in [-0.05, 0) is 53.6 Å². The van der Waals surface area contributed by atoms with E-state index in [4.69, 9.17) is 9.47 Å². The monoisotopic (exact) mass is 468 g/mol. The zero-order chi connectivity index (χ0) is 25.1. The van der Waals surface area contributed by atoms with Gasteiger partial charge >= 0.3 is 5.97 Å². The van der Waals surface area contributed by atoms with E-state index in [1.807, 2.05) is 18.2 Å². The lowest BCUT2D eigenvalue weighted by molar-refractivity contribution is -0.146. The van der Waals surface area contributed by atoms with Crippen LogP contribution in [0.15, 0.2) is 42.5 Å². The number of hydrogen-bond acceptors (Lipinski definition) is 5. The maximum atomic E-state index is 12.5. The van der Waals surface area contributed by atoms with E-state index < -0.39 is 24.4 Å². The van der Waals surface area contributed by atoms with Crippen molar-refractivity contribution in [2.45, 2.75) is 59.3 Å². The number of rotatable bonds is 12. The summed E-state index contributed by atoms with van der Waals surface area (Å²) in [6.45, 7) is 10.2. The fourth-order valence-corrected chi connectivity index (χ4v) is 3.36. The lowest BCUT2D eigenvalue weighted by Crippen LogP contribution is -2.32. The maximum Gasteiger partial charge on any atom is 0.325 e. The molecule has 7 nitrogen and oxygen atoms in total. The summed E-state index contributed by atoms with van der Waals surface area (Å²) in [7, 11) is 0. The van der Waals surface area contributed by atoms with Gasteiger partial charge in [-0.2, -0.15) is 0 Å². The van der Waals surface area contributed by atoms with Crippen LogP contribution in [0, 0.1) is 0 Å². The van der Waals surface area contributed by atoms with Gasteiger partial charge in [0.2, 0.25) is 0 Å². The number of ether oxygens (including phenoxy) is 2. The van der Waals surface area contributed by atoms with Gasteiger partial charge in [-0.1, -0.05) is 59.2 Å². The number of carbonyl (C=O) groups excluding carboxylic acids is 3. The number of esters is 1. The van der Waals surface area contributed by atoms with E-state index in [1.165, 1.54) is 0 Å². The van der Waals surface area contributed by atoms with E-state index in [1.54, 1.807) is 24.3 Å². The highest BCUT2D eigenvalue weighted by molar-refractivity contribution is 5.97. The number of amides is 2. The fraction of sp³-hybridized carbons (Fsp3) is 0.444. The fourth-order valence-electron chi connectivity index (χ4n) is 3.36. The normalized spacial score (nSPS) is 10.8. The molecule has 0 heterocycles. The van der Waals surface area contributed by atoms with Crippen molar-refractivity contribution in [3.05, 3.63) is 59.2 Å². The minimum Gasteiger partial charge on any atom is -0.494 e. The molecule has 0 radical (unpaired) electrons. The summed E-state index contributed by atoms with van der Waals surface area (Å²) >= 11 is 0. The standard InChI is InChI=1S/C27H36N2O5/c1-6-7-15-33-21-13-11-20(12-14-21)27(32)28-16-25(31)34-17-24(30)29-26-22(18(2)3)9-8-10-23(26)19(4)5/h8-14,18-19H,6-7,15-17H2,1-5H3,(H,28,32)(H,29,30). The molecule has 0 aliphatic heterocycles. The quantitative estimate of drug-likeness (QED) is 0.337. The molecule has 7 heteroatoms. The molecule has 0 aliphatic carbocycles. The second-order valence-electron chi connectivity index (χ2n) is 8.74. The number of hydrogen-bond donors (Lipinski definition) is 2. The zero-order valence-corrected chi connectivity index (χ0v) is 20.8. The van der Waals surface area contributed by atoms with Crippen molar-refractivity contribution >= 4 is 23.5 Å². The predicted molar refractivity (Wildman–Crippen MR) is 133 cm³/mol. The molecule has 2 N–H and O–H groups in total. The van der Waals surface area contributed by atoms with Crippen LogP contribution in [-0.2, 0) is 14.3 Å². The number of nitrogens with one attached hydrogen (secondary N) is 2. The van der Waals surface area contributed by atoms with Gasteiger partial charge in [0.25, 0.3) is 11.8 Å². The third kappa shape index (κ3) is 8.21. The van der Waals surface area contributed by atoms with Gasteiger partial charge in [0.05, 0.1) is 6.61 Å². The topological polar surface area (TPSA) is 93.7 Å². The van der Waals surface area contributed by atoms with E-state index in [9.17, 15) is 14.4 Å². The minimum absolute atomic E-state index is 0.226. The zero-order valence-electron chi connectivity index (χ0n) is 20.8. The van der Waals surface area contributed by atoms with Gasteiger partial charge in [-0.25, -0.2) is 0 Å². The van der Waals surface area contributed by atoms with Crippen LogP contribution in [0.3, 0.4) is 0 Å². The van der Waals surface area contributed by atoms with Crippen LogP contribution in [-0.4, -0.2) is 37.5 Å². The molecular weight excluding hydrogens is 432 g/mol. The summed E-state index contributed by atoms with van der Waals surface area (Å²) in [5, 5.41) is 5.40. The molecule has 0 aliphatic rings. The second-order valence-corrected chi connectivity index (χ2v) is 8.74. The Hall–Kier alpha value is -3.35. The van der Waals surface area contributed by atoms with E-state index >= 15 is 0 Å². The number of para-hydroxylation sites is 1. The molecule has 184 valence electrons. The Bertz CT molecular complexity index is 941. The molecule has 2 amide bonds. The molecular formula is C27H36N2O5. The average Bonchev–Trinajstić information content (AvgIpc) is 2.81. The molecule has 0 saturated heterocycles. The molecule has 2 aromatic carbocycles. The molecule has 0 bridgehead atoms. The van der Waals surface area contributed by atoms with Crippen LogP contribution in [0.4, 0.5) is 5.69 Å².